The molecule has 1 fully saturated rings. The van der Waals surface area contributed by atoms with Gasteiger partial charge < -0.3 is 5.32 Å². The zero-order valence-electron chi connectivity index (χ0n) is 9.60. The number of rotatable bonds is 3. The number of hydrogen-bond acceptors (Lipinski definition) is 1. The van der Waals surface area contributed by atoms with Crippen molar-refractivity contribution < 1.29 is 0 Å². The van der Waals surface area contributed by atoms with Crippen molar-refractivity contribution in [2.75, 3.05) is 5.32 Å². The standard InChI is InChI=1S/C13H18ClN/c1-9-4-5-11(14)12(8-9)15-10(2)13(3)6-7-13/h4-5,8,10,15H,6-7H2,1-3H3. The van der Waals surface area contributed by atoms with E-state index in [0.29, 0.717) is 11.5 Å². The van der Waals surface area contributed by atoms with Gasteiger partial charge in [-0.1, -0.05) is 24.6 Å². The van der Waals surface area contributed by atoms with E-state index in [1.54, 1.807) is 0 Å². The second-order valence-corrected chi connectivity index (χ2v) is 5.41. The molecule has 0 bridgehead atoms. The van der Waals surface area contributed by atoms with Gasteiger partial charge >= 0.3 is 0 Å². The highest BCUT2D eigenvalue weighted by atomic mass is 35.5. The van der Waals surface area contributed by atoms with E-state index < -0.39 is 0 Å². The lowest BCUT2D eigenvalue weighted by Gasteiger charge is -2.22. The molecular weight excluding hydrogens is 206 g/mol. The zero-order valence-corrected chi connectivity index (χ0v) is 10.4. The topological polar surface area (TPSA) is 12.0 Å². The van der Waals surface area contributed by atoms with Crippen LogP contribution in [0.5, 0.6) is 0 Å². The van der Waals surface area contributed by atoms with E-state index in [2.05, 4.69) is 32.2 Å². The lowest BCUT2D eigenvalue weighted by atomic mass is 10.0. The number of halogens is 1. The minimum absolute atomic E-state index is 0.479. The molecule has 1 aliphatic rings. The van der Waals surface area contributed by atoms with E-state index in [1.165, 1.54) is 18.4 Å². The summed E-state index contributed by atoms with van der Waals surface area (Å²) < 4.78 is 0. The second kappa shape index (κ2) is 3.71. The Morgan fingerprint density at radius 3 is 2.67 bits per heavy atom. The fraction of sp³-hybridized carbons (Fsp3) is 0.538. The molecule has 2 heteroatoms. The Kier molecular flexibility index (Phi) is 2.68. The molecule has 1 unspecified atom stereocenters. The highest BCUT2D eigenvalue weighted by Gasteiger charge is 2.42. The Bertz CT molecular complexity index is 369. The minimum Gasteiger partial charge on any atom is -0.381 e. The Morgan fingerprint density at radius 2 is 2.07 bits per heavy atom. The summed E-state index contributed by atoms with van der Waals surface area (Å²) in [4.78, 5) is 0. The van der Waals surface area contributed by atoms with Gasteiger partial charge in [-0.25, -0.2) is 0 Å². The number of benzene rings is 1. The van der Waals surface area contributed by atoms with Gasteiger partial charge in [0.05, 0.1) is 10.7 Å². The van der Waals surface area contributed by atoms with E-state index >= 15 is 0 Å². The molecule has 1 aromatic rings. The quantitative estimate of drug-likeness (QED) is 0.808. The van der Waals surface area contributed by atoms with Gasteiger partial charge in [-0.15, -0.1) is 0 Å². The van der Waals surface area contributed by atoms with Gasteiger partial charge in [0, 0.05) is 6.04 Å². The molecule has 0 radical (unpaired) electrons. The van der Waals surface area contributed by atoms with Crippen LogP contribution in [-0.2, 0) is 0 Å². The molecule has 82 valence electrons. The molecule has 1 aliphatic carbocycles. The van der Waals surface area contributed by atoms with Crippen molar-refractivity contribution in [3.8, 4) is 0 Å². The van der Waals surface area contributed by atoms with Crippen molar-refractivity contribution >= 4 is 17.3 Å². The number of anilines is 1. The summed E-state index contributed by atoms with van der Waals surface area (Å²) in [5.74, 6) is 0. The van der Waals surface area contributed by atoms with Gasteiger partial charge in [0.15, 0.2) is 0 Å². The maximum Gasteiger partial charge on any atom is 0.0637 e. The van der Waals surface area contributed by atoms with Crippen molar-refractivity contribution in [1.82, 2.24) is 0 Å². The average Bonchev–Trinajstić information content (AvgIpc) is 2.91. The maximum absolute atomic E-state index is 6.15. The van der Waals surface area contributed by atoms with Crippen molar-refractivity contribution in [3.05, 3.63) is 28.8 Å². The summed E-state index contributed by atoms with van der Waals surface area (Å²) in [6.45, 7) is 6.66. The molecule has 0 aromatic heterocycles. The number of nitrogens with one attached hydrogen (secondary N) is 1. The summed E-state index contributed by atoms with van der Waals surface area (Å²) >= 11 is 6.15. The number of hydrogen-bond donors (Lipinski definition) is 1. The average molecular weight is 224 g/mol. The third kappa shape index (κ3) is 2.28. The van der Waals surface area contributed by atoms with E-state index in [9.17, 15) is 0 Å². The van der Waals surface area contributed by atoms with E-state index in [4.69, 9.17) is 11.6 Å². The summed E-state index contributed by atoms with van der Waals surface area (Å²) in [7, 11) is 0. The van der Waals surface area contributed by atoms with Crippen LogP contribution in [0.15, 0.2) is 18.2 Å². The van der Waals surface area contributed by atoms with Crippen LogP contribution in [0.3, 0.4) is 0 Å². The predicted octanol–water partition coefficient (Wildman–Crippen LogP) is 4.25. The van der Waals surface area contributed by atoms with Gasteiger partial charge in [-0.05, 0) is 49.8 Å². The van der Waals surface area contributed by atoms with Crippen molar-refractivity contribution in [1.29, 1.82) is 0 Å². The van der Waals surface area contributed by atoms with E-state index in [1.807, 2.05) is 12.1 Å². The highest BCUT2D eigenvalue weighted by molar-refractivity contribution is 6.33. The molecule has 0 heterocycles. The number of aryl methyl sites for hydroxylation is 1. The highest BCUT2D eigenvalue weighted by Crippen LogP contribution is 2.49. The van der Waals surface area contributed by atoms with Crippen molar-refractivity contribution in [2.24, 2.45) is 5.41 Å². The summed E-state index contributed by atoms with van der Waals surface area (Å²) in [6.07, 6.45) is 2.65. The van der Waals surface area contributed by atoms with Gasteiger partial charge in [-0.2, -0.15) is 0 Å². The van der Waals surface area contributed by atoms with Crippen molar-refractivity contribution in [2.45, 2.75) is 39.7 Å². The smallest absolute Gasteiger partial charge is 0.0637 e. The first-order valence-electron chi connectivity index (χ1n) is 5.54. The lowest BCUT2D eigenvalue weighted by molar-refractivity contribution is 0.493. The second-order valence-electron chi connectivity index (χ2n) is 5.00. The minimum atomic E-state index is 0.479. The fourth-order valence-corrected chi connectivity index (χ4v) is 1.96. The van der Waals surface area contributed by atoms with Crippen molar-refractivity contribution in [3.63, 3.8) is 0 Å². The SMILES string of the molecule is Cc1ccc(Cl)c(NC(C)C2(C)CC2)c1. The van der Waals surface area contributed by atoms with Gasteiger partial charge in [0.1, 0.15) is 0 Å². The molecule has 1 saturated carbocycles. The third-order valence-corrected chi connectivity index (χ3v) is 3.91. The molecule has 1 nitrogen and oxygen atoms in total. The molecule has 0 amide bonds. The van der Waals surface area contributed by atoms with Gasteiger partial charge in [-0.3, -0.25) is 0 Å². The summed E-state index contributed by atoms with van der Waals surface area (Å²) in [5, 5.41) is 4.34. The molecule has 0 saturated heterocycles. The van der Waals surface area contributed by atoms with Crippen LogP contribution in [0.25, 0.3) is 0 Å². The Morgan fingerprint density at radius 1 is 1.40 bits per heavy atom. The molecule has 0 spiro atoms. The van der Waals surface area contributed by atoms with Gasteiger partial charge in [0.2, 0.25) is 0 Å². The lowest BCUT2D eigenvalue weighted by Crippen LogP contribution is -2.25. The van der Waals surface area contributed by atoms with E-state index in [0.717, 1.165) is 10.7 Å². The first-order valence-corrected chi connectivity index (χ1v) is 5.92. The van der Waals surface area contributed by atoms with Crippen LogP contribution in [0.4, 0.5) is 5.69 Å². The normalized spacial score (nSPS) is 19.7. The molecule has 1 atom stereocenters. The maximum atomic E-state index is 6.15. The molecule has 2 rings (SSSR count). The largest absolute Gasteiger partial charge is 0.381 e. The first kappa shape index (κ1) is 10.8. The summed E-state index contributed by atoms with van der Waals surface area (Å²) in [6, 6.07) is 6.61. The molecule has 0 aliphatic heterocycles. The fourth-order valence-electron chi connectivity index (χ4n) is 1.79. The van der Waals surface area contributed by atoms with Crippen LogP contribution in [0.1, 0.15) is 32.3 Å². The zero-order chi connectivity index (χ0) is 11.1. The molecule has 15 heavy (non-hydrogen) atoms. The Labute approximate surface area is 96.8 Å². The Hall–Kier alpha value is -0.690. The Balaban J connectivity index is 2.13. The van der Waals surface area contributed by atoms with Crippen LogP contribution in [0, 0.1) is 12.3 Å². The predicted molar refractivity (Wildman–Crippen MR) is 66.6 cm³/mol. The molecule has 1 aromatic carbocycles. The molecule has 1 N–H and O–H groups in total. The monoisotopic (exact) mass is 223 g/mol. The first-order chi connectivity index (χ1) is 7.01. The van der Waals surface area contributed by atoms with Crippen LogP contribution < -0.4 is 5.32 Å². The summed E-state index contributed by atoms with van der Waals surface area (Å²) in [5.41, 5.74) is 2.79. The third-order valence-electron chi connectivity index (χ3n) is 3.58. The van der Waals surface area contributed by atoms with E-state index in [-0.39, 0.29) is 0 Å². The van der Waals surface area contributed by atoms with Gasteiger partial charge in [0.25, 0.3) is 0 Å². The molecular formula is C13H18ClN. The van der Waals surface area contributed by atoms with Crippen LogP contribution in [-0.4, -0.2) is 6.04 Å². The van der Waals surface area contributed by atoms with Crippen LogP contribution in [0.2, 0.25) is 5.02 Å². The van der Waals surface area contributed by atoms with Crippen LogP contribution >= 0.6 is 11.6 Å².